The molecule has 1 saturated heterocycles. The molecule has 3 fully saturated rings. The third-order valence-corrected chi connectivity index (χ3v) is 8.48. The molecule has 1 aliphatic heterocycles. The van der Waals surface area contributed by atoms with E-state index >= 15 is 0 Å². The van der Waals surface area contributed by atoms with Gasteiger partial charge in [0.15, 0.2) is 11.3 Å². The Bertz CT molecular complexity index is 1310. The van der Waals surface area contributed by atoms with Crippen LogP contribution in [-0.2, 0) is 17.4 Å². The number of hydrogen-bond donors (Lipinski definition) is 2. The van der Waals surface area contributed by atoms with Crippen molar-refractivity contribution in [3.63, 3.8) is 0 Å². The second kappa shape index (κ2) is 8.83. The molecule has 5 atom stereocenters. The number of nitrogens with zero attached hydrogens (tertiary/aromatic N) is 4. The van der Waals surface area contributed by atoms with Gasteiger partial charge in [0, 0.05) is 13.1 Å². The van der Waals surface area contributed by atoms with E-state index in [0.29, 0.717) is 29.4 Å². The van der Waals surface area contributed by atoms with E-state index in [9.17, 15) is 23.1 Å². The first-order chi connectivity index (χ1) is 17.5. The number of benzene rings is 1. The van der Waals surface area contributed by atoms with Crippen LogP contribution in [0.3, 0.4) is 0 Å². The number of aliphatic hydroxyl groups is 1. The Morgan fingerprint density at radius 2 is 1.97 bits per heavy atom. The van der Waals surface area contributed by atoms with Crippen molar-refractivity contribution < 1.29 is 23.1 Å². The van der Waals surface area contributed by atoms with Crippen molar-refractivity contribution in [1.29, 1.82) is 10.5 Å². The number of nitrogens with one attached hydrogen (secondary N) is 1. The normalized spacial score (nSPS) is 27.9. The molecular formula is C27H26F3N5O2. The number of hydrogen-bond acceptors (Lipinski definition) is 6. The van der Waals surface area contributed by atoms with Gasteiger partial charge in [0.2, 0.25) is 0 Å². The SMILES string of the molecule is CC(O)(CN1CCC2CC3C(C1)[C@]23Cc1ccc(C#N)cc1)C(=O)Nc1cnc(C#N)c(C(F)(F)F)c1. The number of anilines is 1. The van der Waals surface area contributed by atoms with Crippen molar-refractivity contribution in [2.75, 3.05) is 25.0 Å². The van der Waals surface area contributed by atoms with Crippen LogP contribution in [0.4, 0.5) is 18.9 Å². The van der Waals surface area contributed by atoms with Gasteiger partial charge in [-0.25, -0.2) is 4.98 Å². The van der Waals surface area contributed by atoms with Crippen LogP contribution in [0.15, 0.2) is 36.5 Å². The minimum absolute atomic E-state index is 0.0531. The zero-order valence-electron chi connectivity index (χ0n) is 20.2. The maximum absolute atomic E-state index is 13.2. The van der Waals surface area contributed by atoms with E-state index in [2.05, 4.69) is 21.3 Å². The van der Waals surface area contributed by atoms with Crippen molar-refractivity contribution in [2.45, 2.75) is 38.0 Å². The van der Waals surface area contributed by atoms with Gasteiger partial charge in [-0.15, -0.1) is 0 Å². The molecule has 2 aromatic rings. The number of halogens is 3. The third kappa shape index (κ3) is 4.45. The lowest BCUT2D eigenvalue weighted by Crippen LogP contribution is -2.50. The average molecular weight is 510 g/mol. The lowest BCUT2D eigenvalue weighted by atomic mass is 9.68. The summed E-state index contributed by atoms with van der Waals surface area (Å²) >= 11 is 0. The molecule has 7 nitrogen and oxygen atoms in total. The molecule has 1 amide bonds. The van der Waals surface area contributed by atoms with Crippen LogP contribution in [0.2, 0.25) is 0 Å². The van der Waals surface area contributed by atoms with Crippen LogP contribution >= 0.6 is 0 Å². The lowest BCUT2D eigenvalue weighted by molar-refractivity contribution is -0.138. The number of carbonyl (C=O) groups is 1. The topological polar surface area (TPSA) is 113 Å². The minimum atomic E-state index is -4.80. The molecule has 3 aliphatic rings. The highest BCUT2D eigenvalue weighted by molar-refractivity contribution is 5.97. The van der Waals surface area contributed by atoms with E-state index in [1.54, 1.807) is 0 Å². The molecule has 4 unspecified atom stereocenters. The number of aromatic nitrogens is 1. The van der Waals surface area contributed by atoms with E-state index in [1.165, 1.54) is 25.0 Å². The first-order valence-electron chi connectivity index (χ1n) is 12.2. The van der Waals surface area contributed by atoms with Gasteiger partial charge in [0.25, 0.3) is 5.91 Å². The van der Waals surface area contributed by atoms with Crippen LogP contribution in [0.1, 0.15) is 42.1 Å². The largest absolute Gasteiger partial charge is 0.419 e. The monoisotopic (exact) mass is 509 g/mol. The van der Waals surface area contributed by atoms with Gasteiger partial charge in [0.1, 0.15) is 6.07 Å². The zero-order chi connectivity index (χ0) is 26.6. The molecule has 2 N–H and O–H groups in total. The van der Waals surface area contributed by atoms with Crippen LogP contribution in [0.25, 0.3) is 0 Å². The van der Waals surface area contributed by atoms with Gasteiger partial charge in [-0.3, -0.25) is 9.69 Å². The Hall–Kier alpha value is -3.47. The van der Waals surface area contributed by atoms with Crippen molar-refractivity contribution in [2.24, 2.45) is 23.2 Å². The summed E-state index contributed by atoms with van der Waals surface area (Å²) in [5, 5.41) is 31.2. The molecule has 0 radical (unpaired) electrons. The predicted molar refractivity (Wildman–Crippen MR) is 127 cm³/mol. The number of pyridine rings is 1. The van der Waals surface area contributed by atoms with Crippen LogP contribution in [0.5, 0.6) is 0 Å². The summed E-state index contributed by atoms with van der Waals surface area (Å²) in [5.74, 6) is 0.820. The summed E-state index contributed by atoms with van der Waals surface area (Å²) in [5.41, 5.74) is -2.02. The fourth-order valence-electron chi connectivity index (χ4n) is 6.59. The second-order valence-corrected chi connectivity index (χ2v) is 10.7. The molecule has 192 valence electrons. The number of carbonyl (C=O) groups excluding carboxylic acids is 1. The highest BCUT2D eigenvalue weighted by Gasteiger charge is 2.75. The number of alkyl halides is 3. The van der Waals surface area contributed by atoms with E-state index < -0.39 is 28.9 Å². The lowest BCUT2D eigenvalue weighted by Gasteiger charge is -2.37. The summed E-state index contributed by atoms with van der Waals surface area (Å²) in [6, 6.07) is 11.9. The standard InChI is InChI=1S/C27H26F3N5O2/c1-25(37,24(36)34-19-9-21(27(28,29)30)23(12-32)33-13-19)15-35-7-6-18-8-20-22(14-35)26(18,20)10-16-2-4-17(11-31)5-3-16/h2-5,9,13,18,20,22,37H,6-8,10,14-15H2,1H3,(H,34,36)/t18?,20?,22?,25?,26-/m1/s1. The summed E-state index contributed by atoms with van der Waals surface area (Å²) in [4.78, 5) is 18.4. The minimum Gasteiger partial charge on any atom is -0.379 e. The molecular weight excluding hydrogens is 483 g/mol. The number of rotatable bonds is 6. The summed E-state index contributed by atoms with van der Waals surface area (Å²) < 4.78 is 39.7. The smallest absolute Gasteiger partial charge is 0.379 e. The first-order valence-corrected chi connectivity index (χ1v) is 12.2. The Balaban J connectivity index is 1.23. The summed E-state index contributed by atoms with van der Waals surface area (Å²) in [6.45, 7) is 2.88. The molecule has 2 heterocycles. The van der Waals surface area contributed by atoms with Gasteiger partial charge in [-0.05, 0) is 79.7 Å². The number of amides is 1. The second-order valence-electron chi connectivity index (χ2n) is 10.7. The van der Waals surface area contributed by atoms with Gasteiger partial charge >= 0.3 is 6.18 Å². The molecule has 2 saturated carbocycles. The Kier molecular flexibility index (Phi) is 6.01. The van der Waals surface area contributed by atoms with E-state index in [-0.39, 0.29) is 17.6 Å². The van der Waals surface area contributed by atoms with Crippen LogP contribution < -0.4 is 5.32 Å². The maximum atomic E-state index is 13.2. The van der Waals surface area contributed by atoms with Crippen LogP contribution in [0, 0.1) is 45.8 Å². The van der Waals surface area contributed by atoms with E-state index in [1.807, 2.05) is 24.3 Å². The quantitative estimate of drug-likeness (QED) is 0.614. The molecule has 1 aromatic heterocycles. The summed E-state index contributed by atoms with van der Waals surface area (Å²) in [7, 11) is 0. The van der Waals surface area contributed by atoms with Gasteiger partial charge in [0.05, 0.1) is 29.1 Å². The molecule has 0 bridgehead atoms. The molecule has 2 aliphatic carbocycles. The Labute approximate surface area is 212 Å². The molecule has 5 rings (SSSR count). The highest BCUT2D eigenvalue weighted by atomic mass is 19.4. The highest BCUT2D eigenvalue weighted by Crippen LogP contribution is 2.78. The molecule has 1 aromatic carbocycles. The number of β-amino-alcohol motifs (C(OH)–C–C–N with tert-alkyl or cyclic N) is 1. The Morgan fingerprint density at radius 1 is 1.24 bits per heavy atom. The zero-order valence-corrected chi connectivity index (χ0v) is 20.2. The van der Waals surface area contributed by atoms with E-state index in [4.69, 9.17) is 10.5 Å². The van der Waals surface area contributed by atoms with Crippen molar-refractivity contribution in [1.82, 2.24) is 9.88 Å². The number of nitriles is 2. The number of likely N-dealkylation sites (tertiary alicyclic amines) is 1. The molecule has 37 heavy (non-hydrogen) atoms. The van der Waals surface area contributed by atoms with Crippen molar-refractivity contribution in [3.8, 4) is 12.1 Å². The fourth-order valence-corrected chi connectivity index (χ4v) is 6.59. The van der Waals surface area contributed by atoms with Crippen molar-refractivity contribution >= 4 is 11.6 Å². The molecule has 0 spiro atoms. The van der Waals surface area contributed by atoms with Gasteiger partial charge in [-0.1, -0.05) is 12.1 Å². The average Bonchev–Trinajstić information content (AvgIpc) is 3.35. The predicted octanol–water partition coefficient (Wildman–Crippen LogP) is 3.73. The van der Waals surface area contributed by atoms with Gasteiger partial charge < -0.3 is 10.4 Å². The first kappa shape index (κ1) is 25.2. The fraction of sp³-hybridized carbons (Fsp3) is 0.481. The summed E-state index contributed by atoms with van der Waals surface area (Å²) in [6.07, 6.45) is -0.726. The maximum Gasteiger partial charge on any atom is 0.419 e. The Morgan fingerprint density at radius 3 is 2.62 bits per heavy atom. The van der Waals surface area contributed by atoms with Gasteiger partial charge in [-0.2, -0.15) is 23.7 Å². The van der Waals surface area contributed by atoms with Crippen molar-refractivity contribution in [3.05, 3.63) is 58.9 Å². The van der Waals surface area contributed by atoms with E-state index in [0.717, 1.165) is 32.1 Å². The number of fused-ring (bicyclic) bond motifs is 1. The van der Waals surface area contributed by atoms with Crippen LogP contribution in [-0.4, -0.2) is 46.1 Å². The third-order valence-electron chi connectivity index (χ3n) is 8.48. The molecule has 10 heteroatoms.